The highest BCUT2D eigenvalue weighted by Crippen LogP contribution is 2.16. The molecule has 0 radical (unpaired) electrons. The van der Waals surface area contributed by atoms with Crippen molar-refractivity contribution >= 4 is 5.91 Å². The number of nitrogens with one attached hydrogen (secondary N) is 1. The maximum Gasteiger partial charge on any atom is 0.242 e. The number of amides is 1. The molecule has 0 saturated heterocycles. The van der Waals surface area contributed by atoms with Crippen LogP contribution in [0.3, 0.4) is 0 Å². The smallest absolute Gasteiger partial charge is 0.242 e. The second-order valence-electron chi connectivity index (χ2n) is 4.94. The van der Waals surface area contributed by atoms with Crippen LogP contribution in [0.2, 0.25) is 0 Å². The van der Waals surface area contributed by atoms with Gasteiger partial charge in [0.15, 0.2) is 0 Å². The van der Waals surface area contributed by atoms with Crippen LogP contribution in [0, 0.1) is 13.8 Å². The van der Waals surface area contributed by atoms with Crippen molar-refractivity contribution in [3.63, 3.8) is 0 Å². The first kappa shape index (κ1) is 14.3. The number of hydrogen-bond acceptors (Lipinski definition) is 3. The van der Waals surface area contributed by atoms with Crippen LogP contribution in [0.5, 0.6) is 0 Å². The van der Waals surface area contributed by atoms with Crippen LogP contribution in [0.4, 0.5) is 0 Å². The first-order valence-corrected chi connectivity index (χ1v) is 6.83. The Hall–Kier alpha value is -2.11. The molecule has 0 aliphatic rings. The zero-order valence-corrected chi connectivity index (χ0v) is 12.4. The summed E-state index contributed by atoms with van der Waals surface area (Å²) in [5.41, 5.74) is 2.98. The third-order valence-electron chi connectivity index (χ3n) is 3.37. The molecular formula is C14H21N5O. The molecule has 1 unspecified atom stereocenters. The molecular weight excluding hydrogens is 254 g/mol. The Labute approximate surface area is 118 Å². The van der Waals surface area contributed by atoms with Gasteiger partial charge in [-0.2, -0.15) is 10.2 Å². The molecule has 6 heteroatoms. The van der Waals surface area contributed by atoms with Gasteiger partial charge in [-0.25, -0.2) is 0 Å². The molecule has 0 spiro atoms. The molecule has 6 nitrogen and oxygen atoms in total. The fourth-order valence-corrected chi connectivity index (χ4v) is 2.19. The van der Waals surface area contributed by atoms with Gasteiger partial charge in [0.1, 0.15) is 6.54 Å². The predicted molar refractivity (Wildman–Crippen MR) is 76.2 cm³/mol. The summed E-state index contributed by atoms with van der Waals surface area (Å²) in [6, 6.07) is 1.82. The lowest BCUT2D eigenvalue weighted by Crippen LogP contribution is -2.30. The third-order valence-corrected chi connectivity index (χ3v) is 3.37. The van der Waals surface area contributed by atoms with E-state index in [0.717, 1.165) is 23.5 Å². The van der Waals surface area contributed by atoms with Gasteiger partial charge in [-0.1, -0.05) is 0 Å². The minimum atomic E-state index is -0.0568. The Morgan fingerprint density at radius 1 is 1.45 bits per heavy atom. The molecule has 0 bridgehead atoms. The van der Waals surface area contributed by atoms with Crippen molar-refractivity contribution in [2.45, 2.75) is 46.8 Å². The Morgan fingerprint density at radius 3 is 2.75 bits per heavy atom. The third kappa shape index (κ3) is 3.07. The highest BCUT2D eigenvalue weighted by molar-refractivity contribution is 5.76. The zero-order valence-electron chi connectivity index (χ0n) is 12.4. The molecule has 0 fully saturated rings. The Bertz CT molecular complexity index is 598. The van der Waals surface area contributed by atoms with Gasteiger partial charge in [-0.3, -0.25) is 14.2 Å². The van der Waals surface area contributed by atoms with Crippen LogP contribution in [-0.4, -0.2) is 25.5 Å². The molecule has 1 N–H and O–H groups in total. The topological polar surface area (TPSA) is 64.7 Å². The Balaban J connectivity index is 2.00. The van der Waals surface area contributed by atoms with Crippen LogP contribution < -0.4 is 5.32 Å². The molecule has 1 atom stereocenters. The normalized spacial score (nSPS) is 12.4. The van der Waals surface area contributed by atoms with Crippen molar-refractivity contribution in [3.05, 3.63) is 35.4 Å². The van der Waals surface area contributed by atoms with Gasteiger partial charge in [0.05, 0.1) is 11.7 Å². The van der Waals surface area contributed by atoms with E-state index < -0.39 is 0 Å². The van der Waals surface area contributed by atoms with Gasteiger partial charge in [-0.05, 0) is 33.8 Å². The van der Waals surface area contributed by atoms with E-state index >= 15 is 0 Å². The summed E-state index contributed by atoms with van der Waals surface area (Å²) in [5, 5.41) is 11.5. The maximum absolute atomic E-state index is 12.0. The van der Waals surface area contributed by atoms with Crippen LogP contribution in [0.15, 0.2) is 18.5 Å². The summed E-state index contributed by atoms with van der Waals surface area (Å²) >= 11 is 0. The number of rotatable bonds is 5. The molecule has 1 amide bonds. The highest BCUT2D eigenvalue weighted by Gasteiger charge is 2.15. The van der Waals surface area contributed by atoms with E-state index in [1.165, 1.54) is 0 Å². The molecule has 0 aliphatic heterocycles. The van der Waals surface area contributed by atoms with E-state index in [2.05, 4.69) is 15.5 Å². The number of carbonyl (C=O) groups excluding carboxylic acids is 1. The second kappa shape index (κ2) is 5.90. The minimum absolute atomic E-state index is 0.0482. The SMILES string of the molecule is CCn1cc(C(C)NC(=O)Cn2nccc2C)c(C)n1. The summed E-state index contributed by atoms with van der Waals surface area (Å²) < 4.78 is 3.56. The van der Waals surface area contributed by atoms with E-state index in [9.17, 15) is 4.79 Å². The van der Waals surface area contributed by atoms with Crippen molar-refractivity contribution in [3.8, 4) is 0 Å². The van der Waals surface area contributed by atoms with Crippen molar-refractivity contribution in [2.24, 2.45) is 0 Å². The number of aryl methyl sites for hydroxylation is 3. The monoisotopic (exact) mass is 275 g/mol. The average Bonchev–Trinajstić information content (AvgIpc) is 2.96. The first-order chi connectivity index (χ1) is 9.51. The van der Waals surface area contributed by atoms with Crippen molar-refractivity contribution < 1.29 is 4.79 Å². The molecule has 0 aromatic carbocycles. The van der Waals surface area contributed by atoms with Gasteiger partial charge >= 0.3 is 0 Å². The number of hydrogen-bond donors (Lipinski definition) is 1. The van der Waals surface area contributed by atoms with Crippen LogP contribution in [-0.2, 0) is 17.9 Å². The average molecular weight is 275 g/mol. The molecule has 2 heterocycles. The van der Waals surface area contributed by atoms with Gasteiger partial charge in [0.25, 0.3) is 0 Å². The van der Waals surface area contributed by atoms with Crippen LogP contribution in [0.1, 0.15) is 36.8 Å². The molecule has 2 aromatic heterocycles. The van der Waals surface area contributed by atoms with Gasteiger partial charge in [0, 0.05) is 30.2 Å². The van der Waals surface area contributed by atoms with E-state index in [0.29, 0.717) is 0 Å². The van der Waals surface area contributed by atoms with Crippen LogP contribution >= 0.6 is 0 Å². The number of carbonyl (C=O) groups is 1. The van der Waals surface area contributed by atoms with Gasteiger partial charge in [-0.15, -0.1) is 0 Å². The van der Waals surface area contributed by atoms with Crippen LogP contribution in [0.25, 0.3) is 0 Å². The maximum atomic E-state index is 12.0. The largest absolute Gasteiger partial charge is 0.348 e. The first-order valence-electron chi connectivity index (χ1n) is 6.83. The predicted octanol–water partition coefficient (Wildman–Crippen LogP) is 1.59. The van der Waals surface area contributed by atoms with E-state index in [1.807, 2.05) is 44.6 Å². The second-order valence-corrected chi connectivity index (χ2v) is 4.94. The number of aromatic nitrogens is 4. The molecule has 2 aromatic rings. The fraction of sp³-hybridized carbons (Fsp3) is 0.500. The van der Waals surface area contributed by atoms with Crippen molar-refractivity contribution in [2.75, 3.05) is 0 Å². The van der Waals surface area contributed by atoms with Gasteiger partial charge in [0.2, 0.25) is 5.91 Å². The standard InChI is InChI=1S/C14H21N5O/c1-5-18-8-13(12(4)17-18)11(3)16-14(20)9-19-10(2)6-7-15-19/h6-8,11H,5,9H2,1-4H3,(H,16,20). The summed E-state index contributed by atoms with van der Waals surface area (Å²) in [6.45, 7) is 8.97. The van der Waals surface area contributed by atoms with E-state index in [-0.39, 0.29) is 18.5 Å². The fourth-order valence-electron chi connectivity index (χ4n) is 2.19. The highest BCUT2D eigenvalue weighted by atomic mass is 16.2. The molecule has 2 rings (SSSR count). The van der Waals surface area contributed by atoms with Gasteiger partial charge < -0.3 is 5.32 Å². The zero-order chi connectivity index (χ0) is 14.7. The minimum Gasteiger partial charge on any atom is -0.348 e. The molecule has 20 heavy (non-hydrogen) atoms. The van der Waals surface area contributed by atoms with E-state index in [1.54, 1.807) is 10.9 Å². The Kier molecular flexibility index (Phi) is 4.22. The lowest BCUT2D eigenvalue weighted by atomic mass is 10.1. The molecule has 0 saturated carbocycles. The lowest BCUT2D eigenvalue weighted by molar-refractivity contribution is -0.122. The lowest BCUT2D eigenvalue weighted by Gasteiger charge is -2.13. The summed E-state index contributed by atoms with van der Waals surface area (Å²) in [4.78, 5) is 12.0. The summed E-state index contributed by atoms with van der Waals surface area (Å²) in [6.07, 6.45) is 3.68. The molecule has 108 valence electrons. The summed E-state index contributed by atoms with van der Waals surface area (Å²) in [5.74, 6) is -0.0482. The van der Waals surface area contributed by atoms with E-state index in [4.69, 9.17) is 0 Å². The van der Waals surface area contributed by atoms with Crippen molar-refractivity contribution in [1.29, 1.82) is 0 Å². The molecule has 0 aliphatic carbocycles. The summed E-state index contributed by atoms with van der Waals surface area (Å²) in [7, 11) is 0. The Morgan fingerprint density at radius 2 is 2.20 bits per heavy atom. The van der Waals surface area contributed by atoms with Crippen molar-refractivity contribution in [1.82, 2.24) is 24.9 Å². The number of nitrogens with zero attached hydrogens (tertiary/aromatic N) is 4. The quantitative estimate of drug-likeness (QED) is 0.901.